The molecule has 11 heavy (non-hydrogen) atoms. The summed E-state index contributed by atoms with van der Waals surface area (Å²) >= 11 is 2.31. The van der Waals surface area contributed by atoms with Crippen LogP contribution in [0.3, 0.4) is 0 Å². The molecule has 0 saturated carbocycles. The van der Waals surface area contributed by atoms with Crippen LogP contribution in [-0.4, -0.2) is 36.1 Å². The van der Waals surface area contributed by atoms with E-state index in [9.17, 15) is 0 Å². The minimum Gasteiger partial charge on any atom is -0.364 e. The van der Waals surface area contributed by atoms with E-state index < -0.39 is 0 Å². The first-order valence-electron chi connectivity index (χ1n) is 4.16. The van der Waals surface area contributed by atoms with Gasteiger partial charge in [0.25, 0.3) is 0 Å². The molecule has 0 N–H and O–H groups in total. The molecular weight excluding hydrogens is 252 g/mol. The number of alkyl halides is 1. The molecule has 1 saturated heterocycles. The number of nitrogens with zero attached hydrogens (tertiary/aromatic N) is 1. The Morgan fingerprint density at radius 3 is 3.00 bits per heavy atom. The predicted octanol–water partition coefficient (Wildman–Crippen LogP) is 0.796. The zero-order valence-electron chi connectivity index (χ0n) is 7.22. The van der Waals surface area contributed by atoms with Crippen LogP contribution in [0, 0.1) is 0 Å². The zero-order valence-corrected chi connectivity index (χ0v) is 9.37. The van der Waals surface area contributed by atoms with Crippen LogP contribution in [-0.2, 0) is 4.74 Å². The topological polar surface area (TPSA) is 12.5 Å². The van der Waals surface area contributed by atoms with Gasteiger partial charge in [0.2, 0.25) is 0 Å². The van der Waals surface area contributed by atoms with Gasteiger partial charge in [0.15, 0.2) is 7.98 Å². The van der Waals surface area contributed by atoms with Gasteiger partial charge in [-0.2, -0.15) is 0 Å². The summed E-state index contributed by atoms with van der Waals surface area (Å²) in [7, 11) is 2.16. The third kappa shape index (κ3) is 3.76. The maximum atomic E-state index is 5.71. The molecule has 1 aliphatic rings. The molecule has 0 aromatic rings. The number of hydrogen-bond acceptors (Lipinski definition) is 2. The fourth-order valence-electron chi connectivity index (χ4n) is 1.50. The van der Waals surface area contributed by atoms with E-state index in [0.717, 1.165) is 6.54 Å². The number of hydrogen-bond donors (Lipinski definition) is 0. The van der Waals surface area contributed by atoms with E-state index in [1.165, 1.54) is 19.4 Å². The lowest BCUT2D eigenvalue weighted by Crippen LogP contribution is -2.38. The van der Waals surface area contributed by atoms with E-state index in [1.54, 1.807) is 0 Å². The molecule has 4 heteroatoms. The zero-order chi connectivity index (χ0) is 8.27. The lowest BCUT2D eigenvalue weighted by molar-refractivity contribution is 0.0182. The Kier molecular flexibility index (Phi) is 4.16. The average molecular weight is 267 g/mol. The Morgan fingerprint density at radius 1 is 1.73 bits per heavy atom. The first-order valence-corrected chi connectivity index (χ1v) is 5.41. The number of rotatable bonds is 2. The van der Waals surface area contributed by atoms with Gasteiger partial charge >= 0.3 is 0 Å². The Balaban J connectivity index is 2.23. The molecule has 0 aromatic heterocycles. The third-order valence-electron chi connectivity index (χ3n) is 1.96. The van der Waals surface area contributed by atoms with E-state index in [-0.39, 0.29) is 0 Å². The highest BCUT2D eigenvalue weighted by Gasteiger charge is 2.18. The maximum Gasteiger partial charge on any atom is 0.185 e. The van der Waals surface area contributed by atoms with Gasteiger partial charge in [-0.25, -0.2) is 0 Å². The van der Waals surface area contributed by atoms with E-state index >= 15 is 0 Å². The molecule has 2 nitrogen and oxygen atoms in total. The molecular formula is C7H15BINO. The minimum absolute atomic E-state index is 0.351. The fraction of sp³-hybridized carbons (Fsp3) is 1.00. The molecule has 1 rings (SSSR count). The van der Waals surface area contributed by atoms with Crippen molar-refractivity contribution in [1.82, 2.24) is 4.81 Å². The molecule has 1 fully saturated rings. The Morgan fingerprint density at radius 2 is 2.45 bits per heavy atom. The number of piperidine rings is 1. The van der Waals surface area contributed by atoms with Crippen molar-refractivity contribution in [3.8, 4) is 0 Å². The summed E-state index contributed by atoms with van der Waals surface area (Å²) in [5.74, 6) is 0. The molecule has 0 aromatic carbocycles. The van der Waals surface area contributed by atoms with Crippen LogP contribution in [0.15, 0.2) is 0 Å². The first-order chi connectivity index (χ1) is 5.18. The minimum atomic E-state index is 0.351. The summed E-state index contributed by atoms with van der Waals surface area (Å²) in [6, 6.07) is 0. The van der Waals surface area contributed by atoms with Crippen molar-refractivity contribution in [2.75, 3.05) is 13.1 Å². The molecule has 0 aliphatic carbocycles. The lowest BCUT2D eigenvalue weighted by Gasteiger charge is -2.30. The quantitative estimate of drug-likeness (QED) is 0.417. The SMILES string of the molecule is BN1CCC[C@H](OC(C)I)C1. The standard InChI is InChI=1S/C7H15BINO/c1-6(9)11-7-3-2-4-10(8)5-7/h6-7H,2-5,8H2,1H3/t6?,7-/m0/s1. The van der Waals surface area contributed by atoms with Gasteiger partial charge < -0.3 is 9.55 Å². The highest BCUT2D eigenvalue weighted by atomic mass is 127. The summed E-state index contributed by atoms with van der Waals surface area (Å²) < 4.78 is 6.06. The summed E-state index contributed by atoms with van der Waals surface area (Å²) in [5, 5.41) is 0. The van der Waals surface area contributed by atoms with Crippen molar-refractivity contribution < 1.29 is 4.74 Å². The molecule has 0 spiro atoms. The molecule has 64 valence electrons. The molecule has 1 unspecified atom stereocenters. The van der Waals surface area contributed by atoms with Crippen LogP contribution in [0.2, 0.25) is 0 Å². The first kappa shape index (κ1) is 9.80. The fourth-order valence-corrected chi connectivity index (χ4v) is 1.91. The normalized spacial score (nSPS) is 30.2. The van der Waals surface area contributed by atoms with Gasteiger partial charge in [-0.15, -0.1) is 0 Å². The molecule has 0 amide bonds. The van der Waals surface area contributed by atoms with Crippen molar-refractivity contribution in [2.24, 2.45) is 0 Å². The van der Waals surface area contributed by atoms with Gasteiger partial charge in [-0.1, -0.05) is 22.6 Å². The second-order valence-electron chi connectivity index (χ2n) is 3.21. The van der Waals surface area contributed by atoms with Crippen LogP contribution in [0.1, 0.15) is 19.8 Å². The van der Waals surface area contributed by atoms with E-state index in [2.05, 4.69) is 42.3 Å². The highest BCUT2D eigenvalue weighted by molar-refractivity contribution is 14.1. The monoisotopic (exact) mass is 267 g/mol. The molecule has 0 bridgehead atoms. The van der Waals surface area contributed by atoms with Crippen molar-refractivity contribution in [3.63, 3.8) is 0 Å². The van der Waals surface area contributed by atoms with Gasteiger partial charge in [0.1, 0.15) is 4.11 Å². The van der Waals surface area contributed by atoms with Gasteiger partial charge in [0, 0.05) is 6.54 Å². The summed E-state index contributed by atoms with van der Waals surface area (Å²) in [4.78, 5) is 2.34. The molecule has 0 radical (unpaired) electrons. The van der Waals surface area contributed by atoms with Gasteiger partial charge in [-0.05, 0) is 26.3 Å². The summed E-state index contributed by atoms with van der Waals surface area (Å²) in [5.41, 5.74) is 0. The number of ether oxygens (including phenoxy) is 1. The van der Waals surface area contributed by atoms with Crippen LogP contribution in [0.5, 0.6) is 0 Å². The Labute approximate surface area is 83.2 Å². The number of halogens is 1. The molecule has 2 atom stereocenters. The maximum absolute atomic E-state index is 5.71. The van der Waals surface area contributed by atoms with Crippen molar-refractivity contribution in [2.45, 2.75) is 30.0 Å². The second kappa shape index (κ2) is 4.67. The summed E-state index contributed by atoms with van der Waals surface area (Å²) in [6.07, 6.45) is 2.99. The second-order valence-corrected chi connectivity index (χ2v) is 4.96. The van der Waals surface area contributed by atoms with Crippen molar-refractivity contribution in [3.05, 3.63) is 0 Å². The van der Waals surface area contributed by atoms with Crippen LogP contribution < -0.4 is 0 Å². The Hall–Kier alpha value is 0.715. The van der Waals surface area contributed by atoms with Crippen LogP contribution in [0.4, 0.5) is 0 Å². The largest absolute Gasteiger partial charge is 0.364 e. The van der Waals surface area contributed by atoms with E-state index in [1.807, 2.05) is 0 Å². The van der Waals surface area contributed by atoms with Crippen molar-refractivity contribution >= 4 is 30.6 Å². The predicted molar refractivity (Wildman–Crippen MR) is 57.7 cm³/mol. The van der Waals surface area contributed by atoms with E-state index in [0.29, 0.717) is 10.2 Å². The molecule has 1 heterocycles. The van der Waals surface area contributed by atoms with Crippen LogP contribution in [0.25, 0.3) is 0 Å². The van der Waals surface area contributed by atoms with Gasteiger partial charge in [0.05, 0.1) is 6.10 Å². The third-order valence-corrected chi connectivity index (χ3v) is 2.25. The summed E-state index contributed by atoms with van der Waals surface area (Å²) in [6.45, 7) is 4.43. The average Bonchev–Trinajstić information content (AvgIpc) is 1.85. The lowest BCUT2D eigenvalue weighted by atomic mass is 10.1. The van der Waals surface area contributed by atoms with E-state index in [4.69, 9.17) is 4.74 Å². The smallest absolute Gasteiger partial charge is 0.185 e. The highest BCUT2D eigenvalue weighted by Crippen LogP contribution is 2.15. The Bertz CT molecular complexity index is 121. The van der Waals surface area contributed by atoms with Crippen LogP contribution >= 0.6 is 22.6 Å². The van der Waals surface area contributed by atoms with Crippen molar-refractivity contribution in [1.29, 1.82) is 0 Å². The molecule has 1 aliphatic heterocycles. The van der Waals surface area contributed by atoms with Gasteiger partial charge in [-0.3, -0.25) is 0 Å².